The number of fused-ring (bicyclic) bond motifs is 1. The first-order chi connectivity index (χ1) is 12.6. The van der Waals surface area contributed by atoms with Gasteiger partial charge in [-0.25, -0.2) is 0 Å². The summed E-state index contributed by atoms with van der Waals surface area (Å²) in [6.07, 6.45) is 1.08. The summed E-state index contributed by atoms with van der Waals surface area (Å²) in [7, 11) is 0. The summed E-state index contributed by atoms with van der Waals surface area (Å²) < 4.78 is 0.729. The number of hydrogen-bond donors (Lipinski definition) is 1. The van der Waals surface area contributed by atoms with Gasteiger partial charge in [0.05, 0.1) is 15.8 Å². The van der Waals surface area contributed by atoms with E-state index in [1.165, 1.54) is 11.3 Å². The molecule has 1 aromatic carbocycles. The average Bonchev–Trinajstić information content (AvgIpc) is 3.11. The van der Waals surface area contributed by atoms with E-state index in [-0.39, 0.29) is 22.7 Å². The Morgan fingerprint density at radius 1 is 1.37 bits per heavy atom. The van der Waals surface area contributed by atoms with Crippen molar-refractivity contribution in [2.24, 2.45) is 5.41 Å². The number of carbonyl (C=O) groups excluding carboxylic acids is 1. The van der Waals surface area contributed by atoms with Gasteiger partial charge >= 0.3 is 0 Å². The van der Waals surface area contributed by atoms with E-state index >= 15 is 0 Å². The minimum Gasteiger partial charge on any atom is -0.366 e. The zero-order valence-electron chi connectivity index (χ0n) is 15.5. The van der Waals surface area contributed by atoms with Crippen molar-refractivity contribution in [2.75, 3.05) is 16.8 Å². The molecule has 0 bridgehead atoms. The number of nitrogens with one attached hydrogen (secondary N) is 1. The fraction of sp³-hybridized carbons (Fsp3) is 0.421. The van der Waals surface area contributed by atoms with Gasteiger partial charge in [0.1, 0.15) is 5.69 Å². The normalized spacial score (nSPS) is 13.6. The van der Waals surface area contributed by atoms with Crippen LogP contribution in [0, 0.1) is 15.5 Å². The van der Waals surface area contributed by atoms with Crippen molar-refractivity contribution < 1.29 is 9.72 Å². The highest BCUT2D eigenvalue weighted by Crippen LogP contribution is 2.39. The Balaban J connectivity index is 1.86. The van der Waals surface area contributed by atoms with Crippen LogP contribution < -0.4 is 10.2 Å². The maximum absolute atomic E-state index is 12.3. The first kappa shape index (κ1) is 19.6. The SMILES string of the molecule is CC(C)(C)CC(=O)Nc1cc2c(cc1[N+](=O)[O-])N(Cc1ccc(Cl)s1)CC2. The van der Waals surface area contributed by atoms with E-state index in [0.717, 1.165) is 33.4 Å². The molecule has 0 spiro atoms. The molecular formula is C19H22ClN3O3S. The topological polar surface area (TPSA) is 75.5 Å². The second kappa shape index (κ2) is 7.48. The van der Waals surface area contributed by atoms with Gasteiger partial charge in [-0.3, -0.25) is 14.9 Å². The molecule has 1 amide bonds. The van der Waals surface area contributed by atoms with Crippen LogP contribution in [0.15, 0.2) is 24.3 Å². The van der Waals surface area contributed by atoms with E-state index in [0.29, 0.717) is 13.0 Å². The van der Waals surface area contributed by atoms with Crippen LogP contribution >= 0.6 is 22.9 Å². The van der Waals surface area contributed by atoms with Crippen LogP contribution in [0.4, 0.5) is 17.1 Å². The number of benzene rings is 1. The Morgan fingerprint density at radius 2 is 2.11 bits per heavy atom. The molecule has 0 fully saturated rings. The van der Waals surface area contributed by atoms with Gasteiger partial charge in [-0.1, -0.05) is 32.4 Å². The van der Waals surface area contributed by atoms with E-state index in [1.54, 1.807) is 12.1 Å². The molecule has 2 heterocycles. The summed E-state index contributed by atoms with van der Waals surface area (Å²) in [4.78, 5) is 26.6. The molecular weight excluding hydrogens is 386 g/mol. The molecule has 0 unspecified atom stereocenters. The van der Waals surface area contributed by atoms with Crippen LogP contribution in [-0.4, -0.2) is 17.4 Å². The fourth-order valence-electron chi connectivity index (χ4n) is 3.21. The van der Waals surface area contributed by atoms with Crippen molar-refractivity contribution >= 4 is 45.9 Å². The number of thiophene rings is 1. The molecule has 0 radical (unpaired) electrons. The minimum atomic E-state index is -0.439. The molecule has 1 aliphatic rings. The Bertz CT molecular complexity index is 889. The predicted molar refractivity (Wildman–Crippen MR) is 110 cm³/mol. The number of halogens is 1. The molecule has 8 heteroatoms. The third kappa shape index (κ3) is 4.78. The van der Waals surface area contributed by atoms with Gasteiger partial charge in [-0.05, 0) is 35.6 Å². The number of anilines is 2. The van der Waals surface area contributed by atoms with Crippen molar-refractivity contribution in [1.29, 1.82) is 0 Å². The number of nitro benzene ring substituents is 1. The van der Waals surface area contributed by atoms with Gasteiger partial charge in [-0.15, -0.1) is 11.3 Å². The molecule has 0 aliphatic carbocycles. The number of amides is 1. The second-order valence-electron chi connectivity index (χ2n) is 7.92. The number of nitro groups is 1. The van der Waals surface area contributed by atoms with Gasteiger partial charge in [0.2, 0.25) is 5.91 Å². The van der Waals surface area contributed by atoms with Gasteiger partial charge in [0.15, 0.2) is 0 Å². The lowest BCUT2D eigenvalue weighted by Gasteiger charge is -2.19. The Kier molecular flexibility index (Phi) is 5.44. The molecule has 0 atom stereocenters. The summed E-state index contributed by atoms with van der Waals surface area (Å²) in [5.41, 5.74) is 1.87. The van der Waals surface area contributed by atoms with Crippen LogP contribution in [0.3, 0.4) is 0 Å². The lowest BCUT2D eigenvalue weighted by molar-refractivity contribution is -0.383. The van der Waals surface area contributed by atoms with Crippen molar-refractivity contribution in [3.05, 3.63) is 49.2 Å². The molecule has 144 valence electrons. The standard InChI is InChI=1S/C19H22ClN3O3S/c1-19(2,3)10-18(24)21-14-8-12-6-7-22(11-13-4-5-17(20)27-13)15(12)9-16(14)23(25)26/h4-5,8-9H,6-7,10-11H2,1-3H3,(H,21,24). The Labute approximate surface area is 167 Å². The van der Waals surface area contributed by atoms with Gasteiger partial charge < -0.3 is 10.2 Å². The highest BCUT2D eigenvalue weighted by Gasteiger charge is 2.27. The summed E-state index contributed by atoms with van der Waals surface area (Å²) in [6.45, 7) is 7.31. The number of hydrogen-bond acceptors (Lipinski definition) is 5. The second-order valence-corrected chi connectivity index (χ2v) is 9.72. The maximum Gasteiger partial charge on any atom is 0.294 e. The van der Waals surface area contributed by atoms with E-state index in [4.69, 9.17) is 11.6 Å². The highest BCUT2D eigenvalue weighted by molar-refractivity contribution is 7.16. The maximum atomic E-state index is 12.3. The summed E-state index contributed by atoms with van der Waals surface area (Å²) >= 11 is 7.51. The van der Waals surface area contributed by atoms with E-state index < -0.39 is 4.92 Å². The summed E-state index contributed by atoms with van der Waals surface area (Å²) in [5.74, 6) is -0.214. The van der Waals surface area contributed by atoms with Crippen LogP contribution in [0.25, 0.3) is 0 Å². The van der Waals surface area contributed by atoms with Crippen LogP contribution in [-0.2, 0) is 17.8 Å². The molecule has 0 saturated carbocycles. The zero-order valence-corrected chi connectivity index (χ0v) is 17.1. The zero-order chi connectivity index (χ0) is 19.8. The van der Waals surface area contributed by atoms with Crippen LogP contribution in [0.1, 0.15) is 37.6 Å². The molecule has 0 saturated heterocycles. The first-order valence-electron chi connectivity index (χ1n) is 8.73. The number of carbonyl (C=O) groups is 1. The van der Waals surface area contributed by atoms with Gasteiger partial charge in [0, 0.05) is 29.6 Å². The molecule has 6 nitrogen and oxygen atoms in total. The predicted octanol–water partition coefficient (Wildman–Crippen LogP) is 5.25. The average molecular weight is 408 g/mol. The fourth-order valence-corrected chi connectivity index (χ4v) is 4.31. The molecule has 2 aromatic rings. The number of nitrogens with zero attached hydrogens (tertiary/aromatic N) is 2. The van der Waals surface area contributed by atoms with Crippen molar-refractivity contribution in [3.8, 4) is 0 Å². The quantitative estimate of drug-likeness (QED) is 0.542. The third-order valence-electron chi connectivity index (χ3n) is 4.33. The van der Waals surface area contributed by atoms with E-state index in [1.807, 2.05) is 32.9 Å². The molecule has 1 aromatic heterocycles. The third-order valence-corrected chi connectivity index (χ3v) is 5.54. The molecule has 27 heavy (non-hydrogen) atoms. The van der Waals surface area contributed by atoms with Crippen LogP contribution in [0.2, 0.25) is 4.34 Å². The number of rotatable bonds is 5. The Hall–Kier alpha value is -2.12. The lowest BCUT2D eigenvalue weighted by Crippen LogP contribution is -2.20. The largest absolute Gasteiger partial charge is 0.366 e. The molecule has 1 N–H and O–H groups in total. The van der Waals surface area contributed by atoms with Gasteiger partial charge in [0.25, 0.3) is 5.69 Å². The highest BCUT2D eigenvalue weighted by atomic mass is 35.5. The van der Waals surface area contributed by atoms with Crippen molar-refractivity contribution in [2.45, 2.75) is 40.2 Å². The summed E-state index contributed by atoms with van der Waals surface area (Å²) in [6, 6.07) is 7.15. The van der Waals surface area contributed by atoms with Crippen molar-refractivity contribution in [1.82, 2.24) is 0 Å². The van der Waals surface area contributed by atoms with E-state index in [2.05, 4.69) is 10.2 Å². The van der Waals surface area contributed by atoms with Gasteiger partial charge in [-0.2, -0.15) is 0 Å². The van der Waals surface area contributed by atoms with Crippen LogP contribution in [0.5, 0.6) is 0 Å². The minimum absolute atomic E-state index is 0.0767. The molecule has 1 aliphatic heterocycles. The molecule has 3 rings (SSSR count). The smallest absolute Gasteiger partial charge is 0.294 e. The monoisotopic (exact) mass is 407 g/mol. The Morgan fingerprint density at radius 3 is 2.70 bits per heavy atom. The van der Waals surface area contributed by atoms with Crippen molar-refractivity contribution in [3.63, 3.8) is 0 Å². The van der Waals surface area contributed by atoms with E-state index in [9.17, 15) is 14.9 Å². The lowest BCUT2D eigenvalue weighted by atomic mass is 9.92. The first-order valence-corrected chi connectivity index (χ1v) is 9.92. The summed E-state index contributed by atoms with van der Waals surface area (Å²) in [5, 5.41) is 14.3.